The Morgan fingerprint density at radius 1 is 1.17 bits per heavy atom. The molecule has 156 valence electrons. The van der Waals surface area contributed by atoms with Crippen molar-refractivity contribution in [2.24, 2.45) is 0 Å². The van der Waals surface area contributed by atoms with Gasteiger partial charge in [0.05, 0.1) is 7.11 Å². The van der Waals surface area contributed by atoms with Gasteiger partial charge in [0.1, 0.15) is 10.6 Å². The smallest absolute Gasteiger partial charge is 0.255 e. The van der Waals surface area contributed by atoms with Crippen LogP contribution in [-0.4, -0.2) is 38.3 Å². The monoisotopic (exact) mass is 416 g/mol. The summed E-state index contributed by atoms with van der Waals surface area (Å²) in [7, 11) is -2.34. The normalized spacial score (nSPS) is 17.7. The van der Waals surface area contributed by atoms with Crippen molar-refractivity contribution >= 4 is 21.6 Å². The first-order valence-corrected chi connectivity index (χ1v) is 11.3. The largest absolute Gasteiger partial charge is 0.495 e. The van der Waals surface area contributed by atoms with Crippen molar-refractivity contribution in [3.8, 4) is 5.75 Å². The van der Waals surface area contributed by atoms with E-state index in [1.54, 1.807) is 12.1 Å². The van der Waals surface area contributed by atoms with E-state index in [4.69, 9.17) is 4.74 Å². The first-order chi connectivity index (χ1) is 13.8. The highest BCUT2D eigenvalue weighted by atomic mass is 32.2. The van der Waals surface area contributed by atoms with Gasteiger partial charge in [0, 0.05) is 23.8 Å². The van der Waals surface area contributed by atoms with Gasteiger partial charge in [-0.15, -0.1) is 0 Å². The molecule has 2 aromatic carbocycles. The lowest BCUT2D eigenvalue weighted by molar-refractivity contribution is 0.102. The number of sulfonamides is 1. The molecule has 1 heterocycles. The number of nitrogens with zero attached hydrogens (tertiary/aromatic N) is 1. The van der Waals surface area contributed by atoms with E-state index >= 15 is 0 Å². The highest BCUT2D eigenvalue weighted by molar-refractivity contribution is 7.89. The summed E-state index contributed by atoms with van der Waals surface area (Å²) in [6, 6.07) is 10.1. The molecule has 7 heteroatoms. The number of methoxy groups -OCH3 is 1. The molecule has 1 fully saturated rings. The molecule has 29 heavy (non-hydrogen) atoms. The summed E-state index contributed by atoms with van der Waals surface area (Å²) in [5.74, 6) is -0.115. The zero-order valence-electron chi connectivity index (χ0n) is 17.4. The number of rotatable bonds is 5. The first kappa shape index (κ1) is 21.3. The van der Waals surface area contributed by atoms with Crippen molar-refractivity contribution in [3.05, 3.63) is 53.1 Å². The average Bonchev–Trinajstić information content (AvgIpc) is 2.71. The fraction of sp³-hybridized carbons (Fsp3) is 0.409. The van der Waals surface area contributed by atoms with Crippen molar-refractivity contribution < 1.29 is 17.9 Å². The fourth-order valence-corrected chi connectivity index (χ4v) is 5.54. The van der Waals surface area contributed by atoms with Gasteiger partial charge in [0.2, 0.25) is 10.0 Å². The Hall–Kier alpha value is -2.38. The van der Waals surface area contributed by atoms with Gasteiger partial charge in [0.15, 0.2) is 0 Å². The summed E-state index contributed by atoms with van der Waals surface area (Å²) in [6.07, 6.45) is 2.68. The van der Waals surface area contributed by atoms with Gasteiger partial charge in [-0.3, -0.25) is 4.79 Å². The Morgan fingerprint density at radius 2 is 1.93 bits per heavy atom. The van der Waals surface area contributed by atoms with E-state index in [-0.39, 0.29) is 28.2 Å². The number of hydrogen-bond acceptors (Lipinski definition) is 4. The third-order valence-electron chi connectivity index (χ3n) is 5.61. The first-order valence-electron chi connectivity index (χ1n) is 9.83. The third kappa shape index (κ3) is 4.31. The lowest BCUT2D eigenvalue weighted by atomic mass is 10.1. The molecule has 0 saturated carbocycles. The lowest BCUT2D eigenvalue weighted by Crippen LogP contribution is -2.42. The number of anilines is 1. The summed E-state index contributed by atoms with van der Waals surface area (Å²) < 4.78 is 33.5. The summed E-state index contributed by atoms with van der Waals surface area (Å²) in [6.45, 7) is 6.31. The van der Waals surface area contributed by atoms with Crippen LogP contribution in [0.3, 0.4) is 0 Å². The zero-order valence-corrected chi connectivity index (χ0v) is 18.2. The predicted octanol–water partition coefficient (Wildman–Crippen LogP) is 4.13. The number of nitrogens with one attached hydrogen (secondary N) is 1. The number of carbonyl (C=O) groups excluding carboxylic acids is 1. The molecular formula is C22H28N2O4S. The van der Waals surface area contributed by atoms with E-state index in [2.05, 4.69) is 5.32 Å². The van der Waals surface area contributed by atoms with Crippen LogP contribution in [0.2, 0.25) is 0 Å². The molecule has 3 rings (SSSR count). The fourth-order valence-electron chi connectivity index (χ4n) is 3.66. The molecule has 6 nitrogen and oxygen atoms in total. The van der Waals surface area contributed by atoms with E-state index < -0.39 is 10.0 Å². The van der Waals surface area contributed by atoms with Gasteiger partial charge in [-0.1, -0.05) is 18.6 Å². The minimum atomic E-state index is -3.77. The minimum absolute atomic E-state index is 0.0300. The average molecular weight is 417 g/mol. The van der Waals surface area contributed by atoms with Crippen LogP contribution in [0.15, 0.2) is 41.3 Å². The number of benzene rings is 2. The van der Waals surface area contributed by atoms with E-state index in [0.717, 1.165) is 30.4 Å². The number of carbonyl (C=O) groups is 1. The van der Waals surface area contributed by atoms with Crippen LogP contribution in [-0.2, 0) is 10.0 Å². The molecule has 1 saturated heterocycles. The van der Waals surface area contributed by atoms with Crippen LogP contribution in [0, 0.1) is 13.8 Å². The molecule has 0 aliphatic carbocycles. The molecule has 1 aliphatic rings. The molecule has 1 N–H and O–H groups in total. The van der Waals surface area contributed by atoms with E-state index in [9.17, 15) is 13.2 Å². The molecule has 2 aromatic rings. The number of aryl methyl sites for hydroxylation is 1. The zero-order chi connectivity index (χ0) is 21.2. The second-order valence-corrected chi connectivity index (χ2v) is 9.39. The van der Waals surface area contributed by atoms with E-state index in [0.29, 0.717) is 12.2 Å². The van der Waals surface area contributed by atoms with E-state index in [1.165, 1.54) is 17.5 Å². The van der Waals surface area contributed by atoms with Crippen molar-refractivity contribution in [3.63, 3.8) is 0 Å². The SMILES string of the molecule is COc1ccc(C(=O)Nc2cccc(C)c2C)cc1S(=O)(=O)N1CCCC[C@H]1C. The molecule has 0 spiro atoms. The van der Waals surface area contributed by atoms with E-state index in [1.807, 2.05) is 39.0 Å². The van der Waals surface area contributed by atoms with Crippen LogP contribution >= 0.6 is 0 Å². The van der Waals surface area contributed by atoms with Crippen molar-refractivity contribution in [1.29, 1.82) is 0 Å². The van der Waals surface area contributed by atoms with Crippen LogP contribution in [0.25, 0.3) is 0 Å². The van der Waals surface area contributed by atoms with Gasteiger partial charge in [-0.2, -0.15) is 4.31 Å². The Morgan fingerprint density at radius 3 is 2.62 bits per heavy atom. The van der Waals surface area contributed by atoms with Crippen LogP contribution in [0.1, 0.15) is 47.7 Å². The standard InChI is InChI=1S/C22H28N2O4S/c1-15-8-7-10-19(17(15)3)23-22(25)18-11-12-20(28-4)21(14-18)29(26,27)24-13-6-5-9-16(24)2/h7-8,10-12,14,16H,5-6,9,13H2,1-4H3,(H,23,25)/t16-/m1/s1. The summed E-state index contributed by atoms with van der Waals surface area (Å²) >= 11 is 0. The van der Waals surface area contributed by atoms with Crippen molar-refractivity contribution in [2.45, 2.75) is 51.0 Å². The Labute approximate surface area is 172 Å². The Bertz CT molecular complexity index is 1020. The second kappa shape index (κ2) is 8.55. The summed E-state index contributed by atoms with van der Waals surface area (Å²) in [5.41, 5.74) is 3.03. The van der Waals surface area contributed by atoms with Crippen LogP contribution < -0.4 is 10.1 Å². The van der Waals surface area contributed by atoms with Crippen LogP contribution in [0.5, 0.6) is 5.75 Å². The molecular weight excluding hydrogens is 388 g/mol. The van der Waals surface area contributed by atoms with Gasteiger partial charge in [0.25, 0.3) is 5.91 Å². The van der Waals surface area contributed by atoms with Gasteiger partial charge >= 0.3 is 0 Å². The molecule has 1 atom stereocenters. The van der Waals surface area contributed by atoms with Gasteiger partial charge in [-0.05, 0) is 69.0 Å². The van der Waals surface area contributed by atoms with Gasteiger partial charge < -0.3 is 10.1 Å². The van der Waals surface area contributed by atoms with Crippen molar-refractivity contribution in [1.82, 2.24) is 4.31 Å². The molecule has 0 bridgehead atoms. The number of piperidine rings is 1. The molecule has 0 radical (unpaired) electrons. The minimum Gasteiger partial charge on any atom is -0.495 e. The maximum Gasteiger partial charge on any atom is 0.255 e. The predicted molar refractivity (Wildman–Crippen MR) is 114 cm³/mol. The number of ether oxygens (including phenoxy) is 1. The lowest BCUT2D eigenvalue weighted by Gasteiger charge is -2.32. The van der Waals surface area contributed by atoms with Crippen LogP contribution in [0.4, 0.5) is 5.69 Å². The third-order valence-corrected chi connectivity index (χ3v) is 7.64. The molecule has 0 aromatic heterocycles. The Kier molecular flexibility index (Phi) is 6.29. The van der Waals surface area contributed by atoms with Crippen molar-refractivity contribution in [2.75, 3.05) is 19.0 Å². The maximum atomic E-state index is 13.3. The summed E-state index contributed by atoms with van der Waals surface area (Å²) in [5, 5.41) is 2.88. The van der Waals surface area contributed by atoms with Gasteiger partial charge in [-0.25, -0.2) is 8.42 Å². The molecule has 1 aliphatic heterocycles. The molecule has 0 unspecified atom stereocenters. The quantitative estimate of drug-likeness (QED) is 0.795. The molecule has 1 amide bonds. The Balaban J connectivity index is 1.96. The number of amides is 1. The topological polar surface area (TPSA) is 75.7 Å². The maximum absolute atomic E-state index is 13.3. The second-order valence-electron chi connectivity index (χ2n) is 7.53. The highest BCUT2D eigenvalue weighted by Gasteiger charge is 2.33. The summed E-state index contributed by atoms with van der Waals surface area (Å²) in [4.78, 5) is 12.9. The number of hydrogen-bond donors (Lipinski definition) is 1. The highest BCUT2D eigenvalue weighted by Crippen LogP contribution is 2.32.